The number of anilines is 1. The van der Waals surface area contributed by atoms with Crippen LogP contribution in [-0.4, -0.2) is 30.5 Å². The summed E-state index contributed by atoms with van der Waals surface area (Å²) >= 11 is 0. The molecule has 0 atom stereocenters. The zero-order valence-electron chi connectivity index (χ0n) is 11.0. The predicted molar refractivity (Wildman–Crippen MR) is 72.9 cm³/mol. The molecule has 1 N–H and O–H groups in total. The molecule has 0 aromatic carbocycles. The first-order chi connectivity index (χ1) is 8.81. The minimum absolute atomic E-state index is 0.0248. The van der Waals surface area contributed by atoms with Gasteiger partial charge < -0.3 is 10.2 Å². The molecule has 98 valence electrons. The largest absolute Gasteiger partial charge is 0.370 e. The highest BCUT2D eigenvalue weighted by molar-refractivity contribution is 5.94. The van der Waals surface area contributed by atoms with Crippen molar-refractivity contribution in [2.75, 3.05) is 24.5 Å². The van der Waals surface area contributed by atoms with Gasteiger partial charge in [-0.1, -0.05) is 6.92 Å². The highest BCUT2D eigenvalue weighted by Gasteiger charge is 2.13. The zero-order valence-corrected chi connectivity index (χ0v) is 11.0. The number of aromatic nitrogens is 1. The van der Waals surface area contributed by atoms with E-state index in [1.165, 1.54) is 19.3 Å². The van der Waals surface area contributed by atoms with E-state index in [0.29, 0.717) is 12.1 Å². The Hall–Kier alpha value is -1.58. The number of hydrogen-bond acceptors (Lipinski definition) is 3. The van der Waals surface area contributed by atoms with Crippen LogP contribution in [0.3, 0.4) is 0 Å². The Morgan fingerprint density at radius 3 is 2.83 bits per heavy atom. The van der Waals surface area contributed by atoms with Gasteiger partial charge in [-0.3, -0.25) is 9.78 Å². The number of carbonyl (C=O) groups excluding carboxylic acids is 1. The van der Waals surface area contributed by atoms with Crippen molar-refractivity contribution in [2.24, 2.45) is 0 Å². The summed E-state index contributed by atoms with van der Waals surface area (Å²) in [5.41, 5.74) is 1.73. The van der Waals surface area contributed by atoms with Gasteiger partial charge in [-0.15, -0.1) is 0 Å². The van der Waals surface area contributed by atoms with Crippen molar-refractivity contribution in [1.82, 2.24) is 10.3 Å². The number of nitrogens with zero attached hydrogens (tertiary/aromatic N) is 2. The lowest BCUT2D eigenvalue weighted by molar-refractivity contribution is 0.0953. The van der Waals surface area contributed by atoms with Crippen LogP contribution in [0.15, 0.2) is 18.5 Å². The topological polar surface area (TPSA) is 45.2 Å². The van der Waals surface area contributed by atoms with Gasteiger partial charge in [0.2, 0.25) is 0 Å². The predicted octanol–water partition coefficient (Wildman–Crippen LogP) is 2.21. The lowest BCUT2D eigenvalue weighted by Gasteiger charge is -2.28. The molecule has 1 aromatic heterocycles. The molecule has 4 heteroatoms. The highest BCUT2D eigenvalue weighted by atomic mass is 16.1. The van der Waals surface area contributed by atoms with Crippen LogP contribution in [0.2, 0.25) is 0 Å². The molecule has 0 radical (unpaired) electrons. The van der Waals surface area contributed by atoms with Crippen molar-refractivity contribution in [1.29, 1.82) is 0 Å². The molecular formula is C14H21N3O. The van der Waals surface area contributed by atoms with Crippen molar-refractivity contribution >= 4 is 11.6 Å². The van der Waals surface area contributed by atoms with E-state index in [9.17, 15) is 4.79 Å². The van der Waals surface area contributed by atoms with Crippen molar-refractivity contribution in [3.63, 3.8) is 0 Å². The first kappa shape index (κ1) is 12.9. The van der Waals surface area contributed by atoms with Crippen molar-refractivity contribution < 1.29 is 4.79 Å². The van der Waals surface area contributed by atoms with Crippen LogP contribution in [0.4, 0.5) is 5.69 Å². The number of pyridine rings is 1. The average molecular weight is 247 g/mol. The molecule has 0 aliphatic carbocycles. The van der Waals surface area contributed by atoms with Crippen LogP contribution in [-0.2, 0) is 0 Å². The molecule has 0 saturated carbocycles. The molecular weight excluding hydrogens is 226 g/mol. The van der Waals surface area contributed by atoms with E-state index >= 15 is 0 Å². The maximum atomic E-state index is 11.9. The molecule has 18 heavy (non-hydrogen) atoms. The van der Waals surface area contributed by atoms with Crippen LogP contribution >= 0.6 is 0 Å². The quantitative estimate of drug-likeness (QED) is 0.887. The van der Waals surface area contributed by atoms with Crippen molar-refractivity contribution in [3.8, 4) is 0 Å². The Balaban J connectivity index is 2.06. The Morgan fingerprint density at radius 1 is 1.33 bits per heavy atom. The molecule has 1 aliphatic heterocycles. The number of carbonyl (C=O) groups is 1. The lowest BCUT2D eigenvalue weighted by atomic mass is 10.1. The minimum Gasteiger partial charge on any atom is -0.370 e. The lowest BCUT2D eigenvalue weighted by Crippen LogP contribution is -2.30. The average Bonchev–Trinajstić information content (AvgIpc) is 2.46. The first-order valence-electron chi connectivity index (χ1n) is 6.79. The van der Waals surface area contributed by atoms with Gasteiger partial charge in [0.1, 0.15) is 0 Å². The van der Waals surface area contributed by atoms with Crippen LogP contribution in [0.25, 0.3) is 0 Å². The van der Waals surface area contributed by atoms with Gasteiger partial charge in [-0.05, 0) is 31.7 Å². The van der Waals surface area contributed by atoms with Gasteiger partial charge in [0.15, 0.2) is 0 Å². The SMILES string of the molecule is CCCNC(=O)c1cncc(N2CCCCC2)c1. The molecule has 2 heterocycles. The van der Waals surface area contributed by atoms with E-state index in [2.05, 4.69) is 15.2 Å². The molecule has 0 unspecified atom stereocenters. The molecule has 1 aromatic rings. The normalized spacial score (nSPS) is 15.5. The van der Waals surface area contributed by atoms with Gasteiger partial charge in [-0.2, -0.15) is 0 Å². The van der Waals surface area contributed by atoms with E-state index in [0.717, 1.165) is 25.2 Å². The first-order valence-corrected chi connectivity index (χ1v) is 6.79. The standard InChI is InChI=1S/C14H21N3O/c1-2-6-16-14(18)12-9-13(11-15-10-12)17-7-4-3-5-8-17/h9-11H,2-8H2,1H3,(H,16,18). The second-order valence-electron chi connectivity index (χ2n) is 4.74. The van der Waals surface area contributed by atoms with Crippen molar-refractivity contribution in [3.05, 3.63) is 24.0 Å². The van der Waals surface area contributed by atoms with Crippen molar-refractivity contribution in [2.45, 2.75) is 32.6 Å². The van der Waals surface area contributed by atoms with Crippen LogP contribution in [0.5, 0.6) is 0 Å². The molecule has 1 saturated heterocycles. The van der Waals surface area contributed by atoms with Gasteiger partial charge >= 0.3 is 0 Å². The fraction of sp³-hybridized carbons (Fsp3) is 0.571. The second kappa shape index (κ2) is 6.38. The maximum Gasteiger partial charge on any atom is 0.252 e. The number of nitrogens with one attached hydrogen (secondary N) is 1. The Bertz CT molecular complexity index is 400. The fourth-order valence-electron chi connectivity index (χ4n) is 2.22. The smallest absolute Gasteiger partial charge is 0.252 e. The highest BCUT2D eigenvalue weighted by Crippen LogP contribution is 2.19. The third kappa shape index (κ3) is 3.22. The Morgan fingerprint density at radius 2 is 2.11 bits per heavy atom. The van der Waals surface area contributed by atoms with Gasteiger partial charge in [0, 0.05) is 25.8 Å². The van der Waals surface area contributed by atoms with E-state index < -0.39 is 0 Å². The monoisotopic (exact) mass is 247 g/mol. The number of hydrogen-bond donors (Lipinski definition) is 1. The summed E-state index contributed by atoms with van der Waals surface area (Å²) in [5, 5.41) is 2.88. The number of rotatable bonds is 4. The summed E-state index contributed by atoms with van der Waals surface area (Å²) in [5.74, 6) is -0.0248. The van der Waals surface area contributed by atoms with E-state index in [1.54, 1.807) is 6.20 Å². The third-order valence-corrected chi connectivity index (χ3v) is 3.24. The summed E-state index contributed by atoms with van der Waals surface area (Å²) in [4.78, 5) is 18.4. The zero-order chi connectivity index (χ0) is 12.8. The molecule has 0 bridgehead atoms. The summed E-state index contributed by atoms with van der Waals surface area (Å²) < 4.78 is 0. The van der Waals surface area contributed by atoms with E-state index in [1.807, 2.05) is 19.2 Å². The molecule has 1 fully saturated rings. The summed E-state index contributed by atoms with van der Waals surface area (Å²) in [6.07, 6.45) is 8.20. The number of amides is 1. The van der Waals surface area contributed by atoms with Crippen LogP contribution in [0.1, 0.15) is 43.0 Å². The second-order valence-corrected chi connectivity index (χ2v) is 4.74. The van der Waals surface area contributed by atoms with E-state index in [4.69, 9.17) is 0 Å². The number of piperidine rings is 1. The van der Waals surface area contributed by atoms with Crippen LogP contribution < -0.4 is 10.2 Å². The van der Waals surface area contributed by atoms with Gasteiger partial charge in [0.25, 0.3) is 5.91 Å². The van der Waals surface area contributed by atoms with Crippen LogP contribution in [0, 0.1) is 0 Å². The molecule has 0 spiro atoms. The molecule has 1 aliphatic rings. The summed E-state index contributed by atoms with van der Waals surface area (Å²) in [6, 6.07) is 1.95. The minimum atomic E-state index is -0.0248. The summed E-state index contributed by atoms with van der Waals surface area (Å²) in [6.45, 7) is 4.90. The van der Waals surface area contributed by atoms with Gasteiger partial charge in [-0.25, -0.2) is 0 Å². The Kier molecular flexibility index (Phi) is 4.56. The maximum absolute atomic E-state index is 11.9. The fourth-order valence-corrected chi connectivity index (χ4v) is 2.22. The molecule has 4 nitrogen and oxygen atoms in total. The van der Waals surface area contributed by atoms with E-state index in [-0.39, 0.29) is 5.91 Å². The molecule has 1 amide bonds. The molecule has 2 rings (SSSR count). The third-order valence-electron chi connectivity index (χ3n) is 3.24. The van der Waals surface area contributed by atoms with Gasteiger partial charge in [0.05, 0.1) is 17.4 Å². The summed E-state index contributed by atoms with van der Waals surface area (Å²) in [7, 11) is 0. The Labute approximate surface area is 108 Å².